The highest BCUT2D eigenvalue weighted by molar-refractivity contribution is 5.74. The first-order valence-electron chi connectivity index (χ1n) is 5.56. The van der Waals surface area contributed by atoms with Gasteiger partial charge in [-0.1, -0.05) is 6.92 Å². The smallest absolute Gasteiger partial charge is 0.325 e. The summed E-state index contributed by atoms with van der Waals surface area (Å²) in [5.41, 5.74) is 0. The van der Waals surface area contributed by atoms with Gasteiger partial charge in [0.25, 0.3) is 0 Å². The summed E-state index contributed by atoms with van der Waals surface area (Å²) in [5.74, 6) is 0.592. The van der Waals surface area contributed by atoms with Crippen LogP contribution >= 0.6 is 0 Å². The molecule has 0 aliphatic carbocycles. The Morgan fingerprint density at radius 1 is 1.56 bits per heavy atom. The molecular formula is C11H19N3O2. The second-order valence-electron chi connectivity index (χ2n) is 3.56. The molecule has 0 N–H and O–H groups in total. The molecule has 16 heavy (non-hydrogen) atoms. The molecule has 0 aliphatic heterocycles. The zero-order valence-electron chi connectivity index (χ0n) is 10.1. The van der Waals surface area contributed by atoms with Crippen LogP contribution in [-0.2, 0) is 16.6 Å². The Bertz CT molecular complexity index is 336. The summed E-state index contributed by atoms with van der Waals surface area (Å²) in [5, 5.41) is 0. The number of imidazole rings is 1. The minimum Gasteiger partial charge on any atom is -0.465 e. The van der Waals surface area contributed by atoms with Gasteiger partial charge in [-0.15, -0.1) is 0 Å². The van der Waals surface area contributed by atoms with Crippen LogP contribution in [-0.4, -0.2) is 35.2 Å². The fourth-order valence-corrected chi connectivity index (χ4v) is 1.54. The van der Waals surface area contributed by atoms with E-state index < -0.39 is 0 Å². The number of aryl methyl sites for hydroxylation is 1. The third kappa shape index (κ3) is 3.25. The SMILES string of the molecule is CCCN(CC(=O)OCC)c1nccn1C. The van der Waals surface area contributed by atoms with Gasteiger partial charge in [0.1, 0.15) is 6.54 Å². The van der Waals surface area contributed by atoms with E-state index in [9.17, 15) is 4.79 Å². The lowest BCUT2D eigenvalue weighted by Crippen LogP contribution is -2.33. The lowest BCUT2D eigenvalue weighted by atomic mass is 10.4. The minimum absolute atomic E-state index is 0.209. The van der Waals surface area contributed by atoms with Crippen molar-refractivity contribution in [1.29, 1.82) is 0 Å². The molecule has 0 unspecified atom stereocenters. The number of hydrogen-bond acceptors (Lipinski definition) is 4. The van der Waals surface area contributed by atoms with Crippen LogP contribution in [0.25, 0.3) is 0 Å². The van der Waals surface area contributed by atoms with Gasteiger partial charge in [-0.05, 0) is 13.3 Å². The molecule has 5 nitrogen and oxygen atoms in total. The van der Waals surface area contributed by atoms with Crippen LogP contribution < -0.4 is 4.90 Å². The van der Waals surface area contributed by atoms with Gasteiger partial charge in [0, 0.05) is 26.0 Å². The maximum absolute atomic E-state index is 11.4. The molecule has 0 atom stereocenters. The van der Waals surface area contributed by atoms with Gasteiger partial charge in [0.05, 0.1) is 6.61 Å². The van der Waals surface area contributed by atoms with Gasteiger partial charge in [-0.3, -0.25) is 4.79 Å². The van der Waals surface area contributed by atoms with E-state index in [4.69, 9.17) is 4.74 Å². The summed E-state index contributed by atoms with van der Waals surface area (Å²) in [6, 6.07) is 0. The lowest BCUT2D eigenvalue weighted by Gasteiger charge is -2.21. The van der Waals surface area contributed by atoms with Crippen molar-refractivity contribution in [3.63, 3.8) is 0 Å². The van der Waals surface area contributed by atoms with Crippen molar-refractivity contribution in [2.45, 2.75) is 20.3 Å². The molecule has 90 valence electrons. The molecule has 0 spiro atoms. The largest absolute Gasteiger partial charge is 0.465 e. The Labute approximate surface area is 96.0 Å². The molecule has 1 heterocycles. The normalized spacial score (nSPS) is 10.2. The van der Waals surface area contributed by atoms with Crippen molar-refractivity contribution in [3.05, 3.63) is 12.4 Å². The molecule has 1 aromatic heterocycles. The maximum Gasteiger partial charge on any atom is 0.325 e. The van der Waals surface area contributed by atoms with Crippen LogP contribution in [0.3, 0.4) is 0 Å². The van der Waals surface area contributed by atoms with Crippen LogP contribution in [0.1, 0.15) is 20.3 Å². The van der Waals surface area contributed by atoms with Gasteiger partial charge < -0.3 is 14.2 Å². The number of rotatable bonds is 6. The van der Waals surface area contributed by atoms with Crippen LogP contribution in [0.15, 0.2) is 12.4 Å². The van der Waals surface area contributed by atoms with Gasteiger partial charge >= 0.3 is 5.97 Å². The fourth-order valence-electron chi connectivity index (χ4n) is 1.54. The second kappa shape index (κ2) is 6.15. The zero-order chi connectivity index (χ0) is 12.0. The molecule has 1 aromatic rings. The standard InChI is InChI=1S/C11H19N3O2/c1-4-7-14(9-10(15)16-5-2)11-12-6-8-13(11)3/h6,8H,4-5,7,9H2,1-3H3. The van der Waals surface area contributed by atoms with E-state index >= 15 is 0 Å². The van der Waals surface area contributed by atoms with Gasteiger partial charge in [0.15, 0.2) is 0 Å². The molecular weight excluding hydrogens is 206 g/mol. The highest BCUT2D eigenvalue weighted by Crippen LogP contribution is 2.10. The molecule has 5 heteroatoms. The summed E-state index contributed by atoms with van der Waals surface area (Å²) in [6.07, 6.45) is 4.55. The Morgan fingerprint density at radius 3 is 2.81 bits per heavy atom. The van der Waals surface area contributed by atoms with E-state index in [0.29, 0.717) is 6.61 Å². The first kappa shape index (κ1) is 12.5. The number of hydrogen-bond donors (Lipinski definition) is 0. The lowest BCUT2D eigenvalue weighted by molar-refractivity contribution is -0.141. The minimum atomic E-state index is -0.209. The van der Waals surface area contributed by atoms with E-state index in [0.717, 1.165) is 18.9 Å². The topological polar surface area (TPSA) is 47.4 Å². The highest BCUT2D eigenvalue weighted by atomic mass is 16.5. The van der Waals surface area contributed by atoms with Gasteiger partial charge in [-0.2, -0.15) is 0 Å². The van der Waals surface area contributed by atoms with Crippen molar-refractivity contribution in [3.8, 4) is 0 Å². The Kier molecular flexibility index (Phi) is 4.82. The third-order valence-corrected chi connectivity index (χ3v) is 2.20. The summed E-state index contributed by atoms with van der Waals surface area (Å²) in [7, 11) is 1.91. The number of nitrogens with zero attached hydrogens (tertiary/aromatic N) is 3. The predicted molar refractivity (Wildman–Crippen MR) is 62.3 cm³/mol. The molecule has 0 aromatic carbocycles. The van der Waals surface area contributed by atoms with Gasteiger partial charge in [-0.25, -0.2) is 4.98 Å². The van der Waals surface area contributed by atoms with E-state index in [1.807, 2.05) is 29.6 Å². The molecule has 0 bridgehead atoms. The van der Waals surface area contributed by atoms with Crippen LogP contribution in [0.4, 0.5) is 5.95 Å². The third-order valence-electron chi connectivity index (χ3n) is 2.20. The molecule has 0 fully saturated rings. The van der Waals surface area contributed by atoms with E-state index in [1.165, 1.54) is 0 Å². The molecule has 0 radical (unpaired) electrons. The predicted octanol–water partition coefficient (Wildman–Crippen LogP) is 1.20. The van der Waals surface area contributed by atoms with E-state index in [1.54, 1.807) is 6.20 Å². The monoisotopic (exact) mass is 225 g/mol. The van der Waals surface area contributed by atoms with Crippen LogP contribution in [0, 0.1) is 0 Å². The van der Waals surface area contributed by atoms with E-state index in [-0.39, 0.29) is 12.5 Å². The molecule has 0 saturated carbocycles. The quantitative estimate of drug-likeness (QED) is 0.682. The average molecular weight is 225 g/mol. The average Bonchev–Trinajstić information content (AvgIpc) is 2.64. The molecule has 0 amide bonds. The maximum atomic E-state index is 11.4. The Morgan fingerprint density at radius 2 is 2.31 bits per heavy atom. The van der Waals surface area contributed by atoms with Crippen molar-refractivity contribution < 1.29 is 9.53 Å². The van der Waals surface area contributed by atoms with Crippen LogP contribution in [0.5, 0.6) is 0 Å². The van der Waals surface area contributed by atoms with Crippen LogP contribution in [0.2, 0.25) is 0 Å². The summed E-state index contributed by atoms with van der Waals surface area (Å²) >= 11 is 0. The zero-order valence-corrected chi connectivity index (χ0v) is 10.1. The number of anilines is 1. The van der Waals surface area contributed by atoms with Gasteiger partial charge in [0.2, 0.25) is 5.95 Å². The first-order valence-corrected chi connectivity index (χ1v) is 5.56. The van der Waals surface area contributed by atoms with E-state index in [2.05, 4.69) is 11.9 Å². The number of ether oxygens (including phenoxy) is 1. The summed E-state index contributed by atoms with van der Waals surface area (Å²) < 4.78 is 6.84. The Balaban J connectivity index is 2.68. The molecule has 0 aliphatic rings. The van der Waals surface area contributed by atoms with Crippen molar-refractivity contribution in [2.24, 2.45) is 7.05 Å². The number of carbonyl (C=O) groups excluding carboxylic acids is 1. The summed E-state index contributed by atoms with van der Waals surface area (Å²) in [6.45, 7) is 5.35. The van der Waals surface area contributed by atoms with Crippen molar-refractivity contribution >= 4 is 11.9 Å². The van der Waals surface area contributed by atoms with Crippen molar-refractivity contribution in [1.82, 2.24) is 9.55 Å². The number of carbonyl (C=O) groups is 1. The molecule has 1 rings (SSSR count). The Hall–Kier alpha value is -1.52. The first-order chi connectivity index (χ1) is 7.69. The molecule has 0 saturated heterocycles. The summed E-state index contributed by atoms with van der Waals surface area (Å²) in [4.78, 5) is 17.6. The fraction of sp³-hybridized carbons (Fsp3) is 0.636. The number of esters is 1. The number of aromatic nitrogens is 2. The highest BCUT2D eigenvalue weighted by Gasteiger charge is 2.14. The van der Waals surface area contributed by atoms with Crippen molar-refractivity contribution in [2.75, 3.05) is 24.6 Å². The second-order valence-corrected chi connectivity index (χ2v) is 3.56.